The number of thiazole rings is 1. The Morgan fingerprint density at radius 1 is 1.12 bits per heavy atom. The molecule has 0 fully saturated rings. The number of ether oxygens (including phenoxy) is 1. The van der Waals surface area contributed by atoms with E-state index in [1.54, 1.807) is 40.7 Å². The first-order valence-corrected chi connectivity index (χ1v) is 9.40. The molecule has 3 rings (SSSR count). The minimum Gasteiger partial charge on any atom is -0.444 e. The maximum absolute atomic E-state index is 12.9. The van der Waals surface area contributed by atoms with Crippen molar-refractivity contribution in [3.05, 3.63) is 65.2 Å². The molecule has 0 aliphatic carbocycles. The van der Waals surface area contributed by atoms with Crippen molar-refractivity contribution in [2.75, 3.05) is 13.1 Å². The molecule has 0 N–H and O–H groups in total. The van der Waals surface area contributed by atoms with Crippen molar-refractivity contribution in [3.63, 3.8) is 0 Å². The fourth-order valence-corrected chi connectivity index (χ4v) is 3.46. The Balaban J connectivity index is 1.89. The van der Waals surface area contributed by atoms with Crippen LogP contribution in [0.25, 0.3) is 10.2 Å². The zero-order valence-electron chi connectivity index (χ0n) is 14.7. The highest BCUT2D eigenvalue weighted by atomic mass is 32.1. The van der Waals surface area contributed by atoms with E-state index in [0.29, 0.717) is 24.2 Å². The Bertz CT molecular complexity index is 904. The zero-order valence-corrected chi connectivity index (χ0v) is 15.5. The Kier molecular flexibility index (Phi) is 5.63. The van der Waals surface area contributed by atoms with Crippen LogP contribution < -0.4 is 0 Å². The molecule has 3 aromatic rings. The number of carbonyl (C=O) groups excluding carboxylic acids is 2. The number of rotatable bonds is 6. The predicted molar refractivity (Wildman–Crippen MR) is 102 cm³/mol. The molecule has 0 radical (unpaired) electrons. The minimum absolute atomic E-state index is 0.214. The van der Waals surface area contributed by atoms with Gasteiger partial charge in [0.05, 0.1) is 21.3 Å². The number of hydrogen-bond acceptors (Lipinski definition) is 5. The van der Waals surface area contributed by atoms with Crippen LogP contribution >= 0.6 is 11.3 Å². The van der Waals surface area contributed by atoms with E-state index in [4.69, 9.17) is 4.74 Å². The van der Waals surface area contributed by atoms with Crippen LogP contribution in [0.15, 0.2) is 54.0 Å². The lowest BCUT2D eigenvalue weighted by molar-refractivity contribution is -0.140. The second-order valence-corrected chi connectivity index (χ2v) is 6.63. The summed E-state index contributed by atoms with van der Waals surface area (Å²) in [5, 5.41) is 0. The first-order chi connectivity index (χ1) is 12.6. The fraction of sp³-hybridized carbons (Fsp3) is 0.250. The standard InChI is InChI=1S/C20H20N2O3S/c1-3-22(4-2)19(23)18(14-8-6-5-7-9-14)25-20(24)15-10-11-16-17(12-15)26-13-21-16/h5-13,18H,3-4H2,1-2H3/t18-/m1/s1. The van der Waals surface area contributed by atoms with Gasteiger partial charge in [0.25, 0.3) is 5.91 Å². The van der Waals surface area contributed by atoms with Gasteiger partial charge in [-0.15, -0.1) is 11.3 Å². The van der Waals surface area contributed by atoms with E-state index < -0.39 is 12.1 Å². The van der Waals surface area contributed by atoms with Gasteiger partial charge in [-0.1, -0.05) is 30.3 Å². The number of hydrogen-bond donors (Lipinski definition) is 0. The summed E-state index contributed by atoms with van der Waals surface area (Å²) in [6.45, 7) is 4.93. The van der Waals surface area contributed by atoms with Crippen LogP contribution in [0.1, 0.15) is 35.9 Å². The summed E-state index contributed by atoms with van der Waals surface area (Å²) in [5.41, 5.74) is 3.65. The average Bonchev–Trinajstić information content (AvgIpc) is 3.15. The molecule has 5 nitrogen and oxygen atoms in total. The molecule has 0 bridgehead atoms. The Morgan fingerprint density at radius 3 is 2.54 bits per heavy atom. The van der Waals surface area contributed by atoms with Crippen molar-refractivity contribution in [1.82, 2.24) is 9.88 Å². The molecular formula is C20H20N2O3S. The second kappa shape index (κ2) is 8.10. The first-order valence-electron chi connectivity index (χ1n) is 8.52. The van der Waals surface area contributed by atoms with E-state index in [0.717, 1.165) is 10.2 Å². The van der Waals surface area contributed by atoms with Crippen molar-refractivity contribution in [2.45, 2.75) is 20.0 Å². The summed E-state index contributed by atoms with van der Waals surface area (Å²) in [6.07, 6.45) is -0.958. The van der Waals surface area contributed by atoms with Crippen molar-refractivity contribution >= 4 is 33.4 Å². The number of amides is 1. The fourth-order valence-electron chi connectivity index (χ4n) is 2.75. The topological polar surface area (TPSA) is 59.5 Å². The van der Waals surface area contributed by atoms with Gasteiger partial charge in [0, 0.05) is 18.7 Å². The highest BCUT2D eigenvalue weighted by molar-refractivity contribution is 7.16. The molecule has 26 heavy (non-hydrogen) atoms. The van der Waals surface area contributed by atoms with Crippen molar-refractivity contribution in [3.8, 4) is 0 Å². The second-order valence-electron chi connectivity index (χ2n) is 5.74. The van der Waals surface area contributed by atoms with E-state index in [1.807, 2.05) is 32.0 Å². The van der Waals surface area contributed by atoms with E-state index in [9.17, 15) is 9.59 Å². The van der Waals surface area contributed by atoms with Gasteiger partial charge in [0.1, 0.15) is 0 Å². The molecule has 6 heteroatoms. The summed E-state index contributed by atoms with van der Waals surface area (Å²) in [6, 6.07) is 14.3. The molecule has 0 aliphatic rings. The Labute approximate surface area is 156 Å². The van der Waals surface area contributed by atoms with Gasteiger partial charge in [-0.05, 0) is 32.0 Å². The lowest BCUT2D eigenvalue weighted by Gasteiger charge is -2.25. The summed E-state index contributed by atoms with van der Waals surface area (Å²) < 4.78 is 6.56. The van der Waals surface area contributed by atoms with Gasteiger partial charge < -0.3 is 9.64 Å². The molecule has 0 aliphatic heterocycles. The Hall–Kier alpha value is -2.73. The molecule has 0 saturated carbocycles. The number of aromatic nitrogens is 1. The van der Waals surface area contributed by atoms with E-state index in [2.05, 4.69) is 4.98 Å². The smallest absolute Gasteiger partial charge is 0.339 e. The maximum atomic E-state index is 12.9. The van der Waals surface area contributed by atoms with Crippen molar-refractivity contribution in [1.29, 1.82) is 0 Å². The molecule has 1 heterocycles. The van der Waals surface area contributed by atoms with E-state index in [1.165, 1.54) is 11.3 Å². The molecule has 0 unspecified atom stereocenters. The number of benzene rings is 2. The molecule has 0 saturated heterocycles. The third-order valence-electron chi connectivity index (χ3n) is 4.19. The first kappa shape index (κ1) is 18.1. The SMILES string of the molecule is CCN(CC)C(=O)[C@H](OC(=O)c1ccc2ncsc2c1)c1ccccc1. The Morgan fingerprint density at radius 2 is 1.85 bits per heavy atom. The van der Waals surface area contributed by atoms with Gasteiger partial charge in [0.15, 0.2) is 0 Å². The van der Waals surface area contributed by atoms with Gasteiger partial charge in [0.2, 0.25) is 6.10 Å². The average molecular weight is 368 g/mol. The van der Waals surface area contributed by atoms with Crippen molar-refractivity contribution < 1.29 is 14.3 Å². The minimum atomic E-state index is -0.958. The zero-order chi connectivity index (χ0) is 18.5. The highest BCUT2D eigenvalue weighted by Crippen LogP contribution is 2.24. The monoisotopic (exact) mass is 368 g/mol. The molecule has 134 valence electrons. The van der Waals surface area contributed by atoms with E-state index >= 15 is 0 Å². The van der Waals surface area contributed by atoms with Gasteiger partial charge in [-0.25, -0.2) is 9.78 Å². The van der Waals surface area contributed by atoms with Crippen LogP contribution in [0, 0.1) is 0 Å². The normalized spacial score (nSPS) is 11.9. The van der Waals surface area contributed by atoms with Crippen LogP contribution in [-0.4, -0.2) is 34.8 Å². The molecule has 1 aromatic heterocycles. The van der Waals surface area contributed by atoms with Crippen molar-refractivity contribution in [2.24, 2.45) is 0 Å². The molecule has 1 amide bonds. The number of likely N-dealkylation sites (N-methyl/N-ethyl adjacent to an activating group) is 1. The third kappa shape index (κ3) is 3.75. The summed E-state index contributed by atoms with van der Waals surface area (Å²) in [7, 11) is 0. The lowest BCUT2D eigenvalue weighted by atomic mass is 10.1. The van der Waals surface area contributed by atoms with Crippen LogP contribution in [-0.2, 0) is 9.53 Å². The van der Waals surface area contributed by atoms with Gasteiger partial charge in [-0.3, -0.25) is 4.79 Å². The van der Waals surface area contributed by atoms with Crippen LogP contribution in [0.5, 0.6) is 0 Å². The number of esters is 1. The number of carbonyl (C=O) groups is 2. The number of fused-ring (bicyclic) bond motifs is 1. The molecule has 2 aromatic carbocycles. The number of nitrogens with zero attached hydrogens (tertiary/aromatic N) is 2. The quantitative estimate of drug-likeness (QED) is 0.616. The molecule has 0 spiro atoms. The lowest BCUT2D eigenvalue weighted by Crippen LogP contribution is -2.36. The maximum Gasteiger partial charge on any atom is 0.339 e. The summed E-state index contributed by atoms with van der Waals surface area (Å²) in [5.74, 6) is -0.733. The summed E-state index contributed by atoms with van der Waals surface area (Å²) in [4.78, 5) is 31.4. The summed E-state index contributed by atoms with van der Waals surface area (Å²) >= 11 is 1.46. The van der Waals surface area contributed by atoms with Gasteiger partial charge >= 0.3 is 5.97 Å². The van der Waals surface area contributed by atoms with Crippen LogP contribution in [0.2, 0.25) is 0 Å². The molecular weight excluding hydrogens is 348 g/mol. The predicted octanol–water partition coefficient (Wildman–Crippen LogP) is 4.06. The van der Waals surface area contributed by atoms with E-state index in [-0.39, 0.29) is 5.91 Å². The van der Waals surface area contributed by atoms with Gasteiger partial charge in [-0.2, -0.15) is 0 Å². The van der Waals surface area contributed by atoms with Crippen LogP contribution in [0.4, 0.5) is 0 Å². The largest absolute Gasteiger partial charge is 0.444 e. The third-order valence-corrected chi connectivity index (χ3v) is 4.99. The molecule has 1 atom stereocenters. The highest BCUT2D eigenvalue weighted by Gasteiger charge is 2.28. The van der Waals surface area contributed by atoms with Crippen LogP contribution in [0.3, 0.4) is 0 Å².